The Kier molecular flexibility index (Phi) is 4.03. The highest BCUT2D eigenvalue weighted by Gasteiger charge is 2.37. The Labute approximate surface area is 117 Å². The van der Waals surface area contributed by atoms with Crippen LogP contribution in [-0.2, 0) is 6.18 Å². The van der Waals surface area contributed by atoms with Crippen molar-refractivity contribution in [2.45, 2.75) is 6.18 Å². The van der Waals surface area contributed by atoms with E-state index in [1.807, 2.05) is 0 Å². The van der Waals surface area contributed by atoms with Crippen LogP contribution in [0.5, 0.6) is 0 Å². The van der Waals surface area contributed by atoms with Crippen molar-refractivity contribution in [3.8, 4) is 0 Å². The number of likely N-dealkylation sites (N-methyl/N-ethyl adjacent to an activating group) is 1. The Hall–Kier alpha value is -2.29. The summed E-state index contributed by atoms with van der Waals surface area (Å²) >= 11 is 0. The second-order valence-electron chi connectivity index (χ2n) is 4.27. The number of urea groups is 1. The number of aliphatic hydroxyl groups excluding tert-OH is 1. The van der Waals surface area contributed by atoms with E-state index >= 15 is 0 Å². The number of amides is 2. The Balaban J connectivity index is 2.21. The van der Waals surface area contributed by atoms with Crippen LogP contribution in [0.3, 0.4) is 0 Å². The molecule has 2 rings (SSSR count). The van der Waals surface area contributed by atoms with Crippen molar-refractivity contribution >= 4 is 22.8 Å². The van der Waals surface area contributed by atoms with E-state index in [1.165, 1.54) is 30.1 Å². The molecule has 1 heterocycles. The third kappa shape index (κ3) is 3.43. The summed E-state index contributed by atoms with van der Waals surface area (Å²) in [6.07, 6.45) is -4.66. The molecule has 21 heavy (non-hydrogen) atoms. The molecule has 2 amide bonds. The Morgan fingerprint density at radius 1 is 1.48 bits per heavy atom. The first-order valence-electron chi connectivity index (χ1n) is 5.92. The van der Waals surface area contributed by atoms with Gasteiger partial charge >= 0.3 is 18.1 Å². The molecule has 0 aliphatic carbocycles. The van der Waals surface area contributed by atoms with Crippen LogP contribution in [0.25, 0.3) is 11.1 Å². The molecule has 2 N–H and O–H groups in total. The van der Waals surface area contributed by atoms with E-state index in [0.717, 1.165) is 0 Å². The zero-order valence-corrected chi connectivity index (χ0v) is 10.9. The number of rotatable bonds is 3. The molecule has 1 aromatic heterocycles. The van der Waals surface area contributed by atoms with Crippen LogP contribution in [0, 0.1) is 0 Å². The molecular formula is C12H12F3N3O3. The predicted octanol–water partition coefficient (Wildman–Crippen LogP) is 2.30. The molecule has 0 radical (unpaired) electrons. The van der Waals surface area contributed by atoms with Crippen molar-refractivity contribution in [3.63, 3.8) is 0 Å². The normalized spacial score (nSPS) is 11.7. The fraction of sp³-hybridized carbons (Fsp3) is 0.333. The quantitative estimate of drug-likeness (QED) is 0.912. The first-order valence-corrected chi connectivity index (χ1v) is 5.92. The van der Waals surface area contributed by atoms with Gasteiger partial charge in [0.25, 0.3) is 0 Å². The molecule has 0 bridgehead atoms. The molecule has 0 saturated carbocycles. The lowest BCUT2D eigenvalue weighted by atomic mass is 10.3. The van der Waals surface area contributed by atoms with Gasteiger partial charge in [0, 0.05) is 25.3 Å². The monoisotopic (exact) mass is 303 g/mol. The molecule has 0 spiro atoms. The van der Waals surface area contributed by atoms with Gasteiger partial charge in [0.05, 0.1) is 6.61 Å². The van der Waals surface area contributed by atoms with Crippen molar-refractivity contribution in [2.24, 2.45) is 0 Å². The van der Waals surface area contributed by atoms with Crippen LogP contribution >= 0.6 is 0 Å². The van der Waals surface area contributed by atoms with E-state index in [2.05, 4.69) is 14.7 Å². The Morgan fingerprint density at radius 3 is 2.81 bits per heavy atom. The minimum Gasteiger partial charge on any atom is -0.433 e. The number of oxazole rings is 1. The molecule has 1 aromatic carbocycles. The molecule has 6 nitrogen and oxygen atoms in total. The van der Waals surface area contributed by atoms with Crippen molar-refractivity contribution in [3.05, 3.63) is 24.1 Å². The molecule has 2 aromatic rings. The van der Waals surface area contributed by atoms with Gasteiger partial charge in [0.2, 0.25) is 0 Å². The molecule has 0 unspecified atom stereocenters. The van der Waals surface area contributed by atoms with Crippen molar-refractivity contribution in [1.82, 2.24) is 9.88 Å². The molecule has 0 fully saturated rings. The summed E-state index contributed by atoms with van der Waals surface area (Å²) in [7, 11) is 1.47. The number of hydrogen-bond donors (Lipinski definition) is 2. The average molecular weight is 303 g/mol. The predicted molar refractivity (Wildman–Crippen MR) is 67.7 cm³/mol. The van der Waals surface area contributed by atoms with E-state index in [1.54, 1.807) is 0 Å². The second kappa shape index (κ2) is 5.60. The Morgan fingerprint density at radius 2 is 2.19 bits per heavy atom. The van der Waals surface area contributed by atoms with E-state index in [9.17, 15) is 18.0 Å². The number of alkyl halides is 3. The molecule has 0 atom stereocenters. The van der Waals surface area contributed by atoms with Gasteiger partial charge < -0.3 is 19.7 Å². The first kappa shape index (κ1) is 15.1. The van der Waals surface area contributed by atoms with Crippen molar-refractivity contribution in [1.29, 1.82) is 0 Å². The number of carbonyl (C=O) groups excluding carboxylic acids is 1. The number of nitrogens with one attached hydrogen (secondary N) is 1. The second-order valence-corrected chi connectivity index (χ2v) is 4.27. The Bertz CT molecular complexity index is 654. The maximum absolute atomic E-state index is 12.5. The van der Waals surface area contributed by atoms with Crippen molar-refractivity contribution < 1.29 is 27.5 Å². The molecule has 0 aliphatic heterocycles. The first-order chi connectivity index (χ1) is 9.81. The summed E-state index contributed by atoms with van der Waals surface area (Å²) in [5, 5.41) is 11.2. The maximum atomic E-state index is 12.5. The molecule has 114 valence electrons. The number of anilines is 1. The van der Waals surface area contributed by atoms with Gasteiger partial charge in [-0.3, -0.25) is 0 Å². The molecule has 0 aliphatic rings. The third-order valence-corrected chi connectivity index (χ3v) is 2.66. The fourth-order valence-corrected chi connectivity index (χ4v) is 1.59. The SMILES string of the molecule is CN(CCO)C(=O)Nc1ccc2nc(C(F)(F)F)oc2c1. The van der Waals surface area contributed by atoms with E-state index in [0.29, 0.717) is 0 Å². The number of fused-ring (bicyclic) bond motifs is 1. The van der Waals surface area contributed by atoms with E-state index < -0.39 is 18.1 Å². The summed E-state index contributed by atoms with van der Waals surface area (Å²) in [4.78, 5) is 16.2. The lowest BCUT2D eigenvalue weighted by Crippen LogP contribution is -2.33. The van der Waals surface area contributed by atoms with Crippen molar-refractivity contribution in [2.75, 3.05) is 25.5 Å². The number of halogens is 3. The van der Waals surface area contributed by atoms with Gasteiger partial charge in [-0.1, -0.05) is 0 Å². The average Bonchev–Trinajstić information content (AvgIpc) is 2.82. The minimum absolute atomic E-state index is 0.0454. The number of nitrogens with zero attached hydrogens (tertiary/aromatic N) is 2. The zero-order chi connectivity index (χ0) is 15.6. The minimum atomic E-state index is -4.66. The van der Waals surface area contributed by atoms with Crippen LogP contribution in [0.1, 0.15) is 5.89 Å². The maximum Gasteiger partial charge on any atom is 0.468 e. The summed E-state index contributed by atoms with van der Waals surface area (Å²) in [6, 6.07) is 3.48. The summed E-state index contributed by atoms with van der Waals surface area (Å²) in [5.74, 6) is -1.33. The van der Waals surface area contributed by atoms with Crippen LogP contribution in [0.15, 0.2) is 22.6 Å². The highest BCUT2D eigenvalue weighted by molar-refractivity contribution is 5.91. The van der Waals surface area contributed by atoms with Gasteiger partial charge in [-0.05, 0) is 12.1 Å². The number of aromatic nitrogens is 1. The number of hydrogen-bond acceptors (Lipinski definition) is 4. The smallest absolute Gasteiger partial charge is 0.433 e. The highest BCUT2D eigenvalue weighted by atomic mass is 19.4. The molecular weight excluding hydrogens is 291 g/mol. The topological polar surface area (TPSA) is 78.6 Å². The highest BCUT2D eigenvalue weighted by Crippen LogP contribution is 2.31. The van der Waals surface area contributed by atoms with E-state index in [4.69, 9.17) is 5.11 Å². The number of carbonyl (C=O) groups is 1. The van der Waals surface area contributed by atoms with Gasteiger partial charge in [0.1, 0.15) is 5.52 Å². The van der Waals surface area contributed by atoms with Crippen LogP contribution in [0.2, 0.25) is 0 Å². The number of aliphatic hydroxyl groups is 1. The van der Waals surface area contributed by atoms with Gasteiger partial charge in [-0.15, -0.1) is 0 Å². The van der Waals surface area contributed by atoms with Gasteiger partial charge in [0.15, 0.2) is 5.58 Å². The standard InChI is InChI=1S/C12H12F3N3O3/c1-18(4-5-19)11(20)16-7-2-3-8-9(6-7)21-10(17-8)12(13,14)15/h2-3,6,19H,4-5H2,1H3,(H,16,20). The van der Waals surface area contributed by atoms with Gasteiger partial charge in [-0.2, -0.15) is 13.2 Å². The van der Waals surface area contributed by atoms with E-state index in [-0.39, 0.29) is 29.9 Å². The molecule has 9 heteroatoms. The van der Waals surface area contributed by atoms with Gasteiger partial charge in [-0.25, -0.2) is 9.78 Å². The fourth-order valence-electron chi connectivity index (χ4n) is 1.59. The largest absolute Gasteiger partial charge is 0.468 e. The summed E-state index contributed by atoms with van der Waals surface area (Å²) < 4.78 is 42.0. The third-order valence-electron chi connectivity index (χ3n) is 2.66. The molecule has 0 saturated heterocycles. The summed E-state index contributed by atoms with van der Waals surface area (Å²) in [6.45, 7) is -0.0609. The van der Waals surface area contributed by atoms with Crippen LogP contribution in [0.4, 0.5) is 23.7 Å². The lowest BCUT2D eigenvalue weighted by Gasteiger charge is -2.16. The van der Waals surface area contributed by atoms with Crippen LogP contribution < -0.4 is 5.32 Å². The van der Waals surface area contributed by atoms with Crippen LogP contribution in [-0.4, -0.2) is 41.2 Å². The number of benzene rings is 1. The zero-order valence-electron chi connectivity index (χ0n) is 10.9. The lowest BCUT2D eigenvalue weighted by molar-refractivity contribution is -0.156. The summed E-state index contributed by atoms with van der Waals surface area (Å²) in [5.41, 5.74) is 0.233.